The molecular weight excluding hydrogens is 387 g/mol. The molecule has 29 heavy (non-hydrogen) atoms. The lowest BCUT2D eigenvalue weighted by atomic mass is 10.0. The molecule has 1 saturated heterocycles. The third-order valence-electron chi connectivity index (χ3n) is 6.09. The zero-order chi connectivity index (χ0) is 20.1. The van der Waals surface area contributed by atoms with Gasteiger partial charge in [0.15, 0.2) is 0 Å². The summed E-state index contributed by atoms with van der Waals surface area (Å²) in [6, 6.07) is 6.49. The van der Waals surface area contributed by atoms with Crippen molar-refractivity contribution < 1.29 is 9.18 Å². The van der Waals surface area contributed by atoms with Crippen molar-refractivity contribution >= 4 is 22.6 Å². The molecular formula is C22H29FN4OS. The highest BCUT2D eigenvalue weighted by Crippen LogP contribution is 2.29. The Bertz CT molecular complexity index is 803. The highest BCUT2D eigenvalue weighted by molar-refractivity contribution is 7.09. The number of anilines is 1. The Labute approximate surface area is 176 Å². The van der Waals surface area contributed by atoms with Crippen LogP contribution in [0.2, 0.25) is 0 Å². The Balaban J connectivity index is 1.28. The zero-order valence-corrected chi connectivity index (χ0v) is 17.7. The summed E-state index contributed by atoms with van der Waals surface area (Å²) >= 11 is 1.41. The number of hydrogen-bond acceptors (Lipinski definition) is 5. The lowest BCUT2D eigenvalue weighted by Gasteiger charge is -2.22. The van der Waals surface area contributed by atoms with E-state index in [1.165, 1.54) is 49.3 Å². The van der Waals surface area contributed by atoms with E-state index in [0.29, 0.717) is 18.7 Å². The van der Waals surface area contributed by atoms with Crippen LogP contribution in [0.15, 0.2) is 24.3 Å². The molecule has 4 rings (SSSR count). The first-order chi connectivity index (χ1) is 14.2. The Morgan fingerprint density at radius 3 is 2.66 bits per heavy atom. The van der Waals surface area contributed by atoms with Gasteiger partial charge in [-0.15, -0.1) is 0 Å². The number of benzene rings is 1. The van der Waals surface area contributed by atoms with Crippen molar-refractivity contribution in [2.75, 3.05) is 31.1 Å². The van der Waals surface area contributed by atoms with Gasteiger partial charge in [0, 0.05) is 50.6 Å². The van der Waals surface area contributed by atoms with Crippen molar-refractivity contribution in [3.63, 3.8) is 0 Å². The molecule has 2 aliphatic rings. The number of halogens is 1. The molecule has 2 aromatic rings. The van der Waals surface area contributed by atoms with Crippen LogP contribution in [-0.2, 0) is 11.2 Å². The van der Waals surface area contributed by atoms with Crippen molar-refractivity contribution in [3.8, 4) is 0 Å². The summed E-state index contributed by atoms with van der Waals surface area (Å²) in [4.78, 5) is 21.6. The fraction of sp³-hybridized carbons (Fsp3) is 0.591. The van der Waals surface area contributed by atoms with Gasteiger partial charge in [0.1, 0.15) is 11.6 Å². The Morgan fingerprint density at radius 1 is 1.07 bits per heavy atom. The van der Waals surface area contributed by atoms with Crippen LogP contribution in [0.1, 0.15) is 56.3 Å². The van der Waals surface area contributed by atoms with Gasteiger partial charge in [-0.2, -0.15) is 4.37 Å². The molecule has 2 heterocycles. The molecule has 0 bridgehead atoms. The number of hydrogen-bond donors (Lipinski definition) is 0. The quantitative estimate of drug-likeness (QED) is 0.705. The molecule has 0 radical (unpaired) electrons. The number of rotatable bonds is 6. The zero-order valence-electron chi connectivity index (χ0n) is 16.9. The maximum atomic E-state index is 13.1. The minimum absolute atomic E-state index is 0.229. The minimum atomic E-state index is -0.229. The van der Waals surface area contributed by atoms with E-state index in [1.807, 2.05) is 4.90 Å². The fourth-order valence-corrected chi connectivity index (χ4v) is 5.11. The van der Waals surface area contributed by atoms with E-state index >= 15 is 0 Å². The van der Waals surface area contributed by atoms with E-state index in [2.05, 4.69) is 14.3 Å². The van der Waals surface area contributed by atoms with Crippen LogP contribution >= 0.6 is 11.5 Å². The van der Waals surface area contributed by atoms with Crippen LogP contribution < -0.4 is 4.90 Å². The van der Waals surface area contributed by atoms with Crippen LogP contribution in [-0.4, -0.2) is 46.3 Å². The highest BCUT2D eigenvalue weighted by atomic mass is 32.1. The van der Waals surface area contributed by atoms with Crippen LogP contribution in [0.4, 0.5) is 9.52 Å². The molecule has 1 aromatic heterocycles. The molecule has 0 spiro atoms. The third kappa shape index (κ3) is 5.53. The molecule has 1 aromatic carbocycles. The second-order valence-electron chi connectivity index (χ2n) is 8.21. The van der Waals surface area contributed by atoms with E-state index in [9.17, 15) is 9.18 Å². The van der Waals surface area contributed by atoms with Gasteiger partial charge in [0.05, 0.1) is 0 Å². The number of aromatic nitrogens is 2. The van der Waals surface area contributed by atoms with Gasteiger partial charge in [-0.3, -0.25) is 4.79 Å². The molecule has 0 unspecified atom stereocenters. The predicted molar refractivity (Wildman–Crippen MR) is 114 cm³/mol. The molecule has 5 nitrogen and oxygen atoms in total. The smallest absolute Gasteiger partial charge is 0.222 e. The molecule has 1 amide bonds. The number of carbonyl (C=O) groups is 1. The van der Waals surface area contributed by atoms with E-state index in [-0.39, 0.29) is 5.82 Å². The van der Waals surface area contributed by atoms with E-state index in [4.69, 9.17) is 0 Å². The predicted octanol–water partition coefficient (Wildman–Crippen LogP) is 4.28. The Kier molecular flexibility index (Phi) is 6.74. The average Bonchev–Trinajstić information content (AvgIpc) is 3.35. The first-order valence-corrected chi connectivity index (χ1v) is 11.5. The first-order valence-electron chi connectivity index (χ1n) is 10.8. The summed E-state index contributed by atoms with van der Waals surface area (Å²) in [5, 5.41) is 0.919. The maximum absolute atomic E-state index is 13.1. The number of carbonyl (C=O) groups excluding carboxylic acids is 1. The largest absolute Gasteiger partial charge is 0.345 e. The Morgan fingerprint density at radius 2 is 1.86 bits per heavy atom. The van der Waals surface area contributed by atoms with Gasteiger partial charge in [-0.1, -0.05) is 37.8 Å². The van der Waals surface area contributed by atoms with E-state index < -0.39 is 0 Å². The third-order valence-corrected chi connectivity index (χ3v) is 6.91. The van der Waals surface area contributed by atoms with Gasteiger partial charge in [-0.05, 0) is 36.5 Å². The van der Waals surface area contributed by atoms with Crippen LogP contribution in [0.3, 0.4) is 0 Å². The topological polar surface area (TPSA) is 49.3 Å². The Hall–Kier alpha value is -2.02. The second kappa shape index (κ2) is 9.65. The SMILES string of the molecule is O=C(CCC1CCCC1)N1CCCN(c2nc(Cc3ccc(F)cc3)ns2)CC1. The van der Waals surface area contributed by atoms with Gasteiger partial charge in [0.2, 0.25) is 11.0 Å². The van der Waals surface area contributed by atoms with Gasteiger partial charge in [-0.25, -0.2) is 9.37 Å². The summed E-state index contributed by atoms with van der Waals surface area (Å²) in [6.07, 6.45) is 8.60. The lowest BCUT2D eigenvalue weighted by molar-refractivity contribution is -0.131. The van der Waals surface area contributed by atoms with Crippen molar-refractivity contribution in [2.45, 2.75) is 51.4 Å². The summed E-state index contributed by atoms with van der Waals surface area (Å²) in [5.41, 5.74) is 1.01. The molecule has 7 heteroatoms. The van der Waals surface area contributed by atoms with Crippen molar-refractivity contribution in [1.82, 2.24) is 14.3 Å². The second-order valence-corrected chi connectivity index (χ2v) is 8.94. The van der Waals surface area contributed by atoms with Crippen molar-refractivity contribution in [3.05, 3.63) is 41.5 Å². The molecule has 2 fully saturated rings. The summed E-state index contributed by atoms with van der Waals surface area (Å²) in [5.74, 6) is 1.62. The number of amides is 1. The van der Waals surface area contributed by atoms with Crippen LogP contribution in [0.25, 0.3) is 0 Å². The highest BCUT2D eigenvalue weighted by Gasteiger charge is 2.23. The molecule has 1 saturated carbocycles. The van der Waals surface area contributed by atoms with Gasteiger partial charge < -0.3 is 9.80 Å². The normalized spacial score (nSPS) is 18.2. The van der Waals surface area contributed by atoms with Crippen molar-refractivity contribution in [1.29, 1.82) is 0 Å². The summed E-state index contributed by atoms with van der Waals surface area (Å²) < 4.78 is 17.5. The van der Waals surface area contributed by atoms with Crippen LogP contribution in [0.5, 0.6) is 0 Å². The van der Waals surface area contributed by atoms with Gasteiger partial charge in [0.25, 0.3) is 0 Å². The summed E-state index contributed by atoms with van der Waals surface area (Å²) in [7, 11) is 0. The molecule has 0 N–H and O–H groups in total. The molecule has 1 aliphatic heterocycles. The molecule has 1 aliphatic carbocycles. The van der Waals surface area contributed by atoms with E-state index in [0.717, 1.165) is 61.5 Å². The first kappa shape index (κ1) is 20.3. The average molecular weight is 417 g/mol. The number of nitrogens with zero attached hydrogens (tertiary/aromatic N) is 4. The van der Waals surface area contributed by atoms with Crippen LogP contribution in [0, 0.1) is 11.7 Å². The lowest BCUT2D eigenvalue weighted by Crippen LogP contribution is -2.35. The molecule has 156 valence electrons. The summed E-state index contributed by atoms with van der Waals surface area (Å²) in [6.45, 7) is 3.30. The fourth-order valence-electron chi connectivity index (χ4n) is 4.37. The van der Waals surface area contributed by atoms with Crippen molar-refractivity contribution in [2.24, 2.45) is 5.92 Å². The van der Waals surface area contributed by atoms with Gasteiger partial charge >= 0.3 is 0 Å². The van der Waals surface area contributed by atoms with E-state index in [1.54, 1.807) is 12.1 Å². The monoisotopic (exact) mass is 416 g/mol. The minimum Gasteiger partial charge on any atom is -0.345 e. The standard InChI is InChI=1S/C22H29FN4OS/c23-19-9-6-18(7-10-19)16-20-24-22(29-25-20)27-13-3-12-26(14-15-27)21(28)11-8-17-4-1-2-5-17/h6-7,9-10,17H,1-5,8,11-16H2. The molecule has 0 atom stereocenters. The maximum Gasteiger partial charge on any atom is 0.222 e.